The Labute approximate surface area is 276 Å². The number of hydroxylamine groups is 2. The van der Waals surface area contributed by atoms with Gasteiger partial charge in [-0.05, 0) is 77.0 Å². The predicted molar refractivity (Wildman–Crippen MR) is 177 cm³/mol. The summed E-state index contributed by atoms with van der Waals surface area (Å²) in [5.41, 5.74) is 3.24. The number of nitrogens with one attached hydrogen (secondary N) is 3. The number of rotatable bonds is 15. The number of hydrogen-bond donors (Lipinski definition) is 4. The van der Waals surface area contributed by atoms with Crippen LogP contribution >= 0.6 is 11.8 Å². The normalized spacial score (nSPS) is 15.3. The summed E-state index contributed by atoms with van der Waals surface area (Å²) in [6.45, 7) is 22.3. The van der Waals surface area contributed by atoms with Crippen molar-refractivity contribution in [2.24, 2.45) is 22.1 Å². The fourth-order valence-corrected chi connectivity index (χ4v) is 4.21. The van der Waals surface area contributed by atoms with E-state index >= 15 is 0 Å². The summed E-state index contributed by atoms with van der Waals surface area (Å²) >= 11 is 0.984. The molecule has 0 aromatic carbocycles. The third kappa shape index (κ3) is 19.0. The lowest BCUT2D eigenvalue weighted by atomic mass is 9.86. The Bertz CT molecular complexity index is 1110. The summed E-state index contributed by atoms with van der Waals surface area (Å²) in [6, 6.07) is -0.430. The Balaban J connectivity index is 0.000000883. The van der Waals surface area contributed by atoms with Crippen LogP contribution in [-0.4, -0.2) is 64.7 Å². The number of carbonyl (C=O) groups excluding carboxylic acids is 1. The maximum atomic E-state index is 12.3. The maximum Gasteiger partial charge on any atom is 0.431 e. The largest absolute Gasteiger partial charge is 0.431 e. The highest BCUT2D eigenvalue weighted by atomic mass is 32.2. The zero-order valence-corrected chi connectivity index (χ0v) is 30.2. The van der Waals surface area contributed by atoms with E-state index < -0.39 is 17.5 Å². The standard InChI is InChI=1S/C15H27F3N4OS.C15H28N4O3/c1-5-11(4)21-13(22-14(23)20-6-2)7-10(3)8-24-9-12(19)15(16,17)18;1-9-16-10-11-17-18-13(20-11)12(14(2,3)4)19(8)22-21-15(5,6)7/h7,9-11,21H,5-6,8,19H2,1-4H3,(H2,20,22,23);9,12H,10H2,1-8H3/b12-9-,13-7+;/t;12-/m.1/s1. The zero-order chi connectivity index (χ0) is 35.7. The lowest BCUT2D eigenvalue weighted by Crippen LogP contribution is -2.41. The van der Waals surface area contributed by atoms with Gasteiger partial charge in [0.05, 0.1) is 5.60 Å². The first-order chi connectivity index (χ1) is 21.1. The van der Waals surface area contributed by atoms with E-state index in [2.05, 4.69) is 51.9 Å². The summed E-state index contributed by atoms with van der Waals surface area (Å²) in [5.74, 6) is 1.83. The van der Waals surface area contributed by atoms with Gasteiger partial charge in [-0.2, -0.15) is 13.2 Å². The number of thioether (sulfide) groups is 1. The van der Waals surface area contributed by atoms with Gasteiger partial charge in [0.2, 0.25) is 11.8 Å². The Morgan fingerprint density at radius 1 is 1.15 bits per heavy atom. The van der Waals surface area contributed by atoms with Crippen LogP contribution in [0.5, 0.6) is 0 Å². The third-order valence-electron chi connectivity index (χ3n) is 5.66. The molecule has 0 spiro atoms. The minimum atomic E-state index is -4.50. The SMILES string of the molecule is CC=NCc1nnc([C@@H](N(C)OOC(C)(C)C)C(C)(C)C)o1.CCNC(=O)N/C(=C/C(C)CS/C=C(\N)C(F)(F)F)NC(C)CC. The summed E-state index contributed by atoms with van der Waals surface area (Å²) in [7, 11) is 1.79. The van der Waals surface area contributed by atoms with Crippen molar-refractivity contribution in [3.8, 4) is 0 Å². The fraction of sp³-hybridized carbons (Fsp3) is 0.733. The minimum absolute atomic E-state index is 0.0687. The molecule has 0 saturated heterocycles. The first-order valence-corrected chi connectivity index (χ1v) is 16.2. The lowest BCUT2D eigenvalue weighted by Gasteiger charge is -2.34. The van der Waals surface area contributed by atoms with Crippen LogP contribution in [0.1, 0.15) is 100 Å². The van der Waals surface area contributed by atoms with Crippen molar-refractivity contribution in [2.75, 3.05) is 19.3 Å². The molecule has 266 valence electrons. The van der Waals surface area contributed by atoms with Crippen LogP contribution in [0.2, 0.25) is 0 Å². The lowest BCUT2D eigenvalue weighted by molar-refractivity contribution is -0.470. The molecule has 0 aliphatic rings. The smallest absolute Gasteiger partial charge is 0.421 e. The van der Waals surface area contributed by atoms with Crippen LogP contribution in [0.15, 0.2) is 32.4 Å². The number of urea groups is 1. The summed E-state index contributed by atoms with van der Waals surface area (Å²) in [5, 5.41) is 19.2. The van der Waals surface area contributed by atoms with E-state index in [1.807, 2.05) is 55.4 Å². The Morgan fingerprint density at radius 2 is 1.78 bits per heavy atom. The number of alkyl halides is 3. The first kappa shape index (κ1) is 43.2. The van der Waals surface area contributed by atoms with E-state index in [4.69, 9.17) is 20.0 Å². The second-order valence-corrected chi connectivity index (χ2v) is 13.5. The van der Waals surface area contributed by atoms with E-state index in [-0.39, 0.29) is 29.4 Å². The summed E-state index contributed by atoms with van der Waals surface area (Å²) in [6.07, 6.45) is -0.152. The molecule has 2 unspecified atom stereocenters. The van der Waals surface area contributed by atoms with Gasteiger partial charge in [-0.1, -0.05) is 34.6 Å². The number of allylic oxidation sites excluding steroid dienone is 2. The molecule has 1 aromatic rings. The van der Waals surface area contributed by atoms with Gasteiger partial charge in [-0.15, -0.1) is 32.0 Å². The van der Waals surface area contributed by atoms with E-state index in [1.54, 1.807) is 24.4 Å². The van der Waals surface area contributed by atoms with E-state index in [0.717, 1.165) is 23.6 Å². The molecule has 2 amide bonds. The number of amides is 2. The summed E-state index contributed by atoms with van der Waals surface area (Å²) < 4.78 is 42.6. The van der Waals surface area contributed by atoms with Gasteiger partial charge >= 0.3 is 12.2 Å². The number of nitrogens with two attached hydrogens (primary N) is 1. The summed E-state index contributed by atoms with van der Waals surface area (Å²) in [4.78, 5) is 26.5. The van der Waals surface area contributed by atoms with E-state index in [0.29, 0.717) is 36.4 Å². The molecule has 3 atom stereocenters. The third-order valence-corrected chi connectivity index (χ3v) is 6.80. The van der Waals surface area contributed by atoms with Crippen molar-refractivity contribution < 1.29 is 32.3 Å². The highest BCUT2D eigenvalue weighted by molar-refractivity contribution is 8.02. The van der Waals surface area contributed by atoms with E-state index in [9.17, 15) is 18.0 Å². The average Bonchev–Trinajstić information content (AvgIpc) is 3.37. The highest BCUT2D eigenvalue weighted by Crippen LogP contribution is 2.37. The quantitative estimate of drug-likeness (QED) is 0.0905. The van der Waals surface area contributed by atoms with Crippen molar-refractivity contribution >= 4 is 24.0 Å². The van der Waals surface area contributed by atoms with Crippen LogP contribution in [0.4, 0.5) is 18.0 Å². The predicted octanol–water partition coefficient (Wildman–Crippen LogP) is 6.61. The molecule has 1 heterocycles. The van der Waals surface area contributed by atoms with Crippen LogP contribution in [-0.2, 0) is 16.4 Å². The molecule has 0 bridgehead atoms. The molecular formula is C30H55F3N8O4S. The van der Waals surface area contributed by atoms with Crippen molar-refractivity contribution in [3.05, 3.63) is 34.8 Å². The van der Waals surface area contributed by atoms with Crippen molar-refractivity contribution in [3.63, 3.8) is 0 Å². The second-order valence-electron chi connectivity index (χ2n) is 12.6. The molecule has 0 aliphatic carbocycles. The molecule has 1 aromatic heterocycles. The van der Waals surface area contributed by atoms with Crippen LogP contribution in [0.3, 0.4) is 0 Å². The molecule has 16 heteroatoms. The number of nitrogens with zero attached hydrogens (tertiary/aromatic N) is 4. The van der Waals surface area contributed by atoms with Gasteiger partial charge in [0, 0.05) is 25.4 Å². The van der Waals surface area contributed by atoms with Crippen LogP contribution < -0.4 is 21.7 Å². The maximum absolute atomic E-state index is 12.3. The fourth-order valence-electron chi connectivity index (χ4n) is 3.40. The molecule has 12 nitrogen and oxygen atoms in total. The molecule has 0 saturated carbocycles. The second kappa shape index (κ2) is 20.4. The van der Waals surface area contributed by atoms with Crippen molar-refractivity contribution in [1.82, 2.24) is 31.2 Å². The molecular weight excluding hydrogens is 625 g/mol. The average molecular weight is 681 g/mol. The Hall–Kier alpha value is -2.82. The van der Waals surface area contributed by atoms with E-state index in [1.165, 1.54) is 0 Å². The molecule has 0 fully saturated rings. The number of aliphatic imine (C=N–C) groups is 1. The minimum Gasteiger partial charge on any atom is -0.421 e. The molecule has 46 heavy (non-hydrogen) atoms. The Morgan fingerprint density at radius 3 is 2.28 bits per heavy atom. The molecule has 5 N–H and O–H groups in total. The highest BCUT2D eigenvalue weighted by Gasteiger charge is 2.36. The first-order valence-electron chi connectivity index (χ1n) is 15.2. The molecule has 0 radical (unpaired) electrons. The topological polar surface area (TPSA) is 152 Å². The van der Waals surface area contributed by atoms with Crippen molar-refractivity contribution in [1.29, 1.82) is 0 Å². The number of halogens is 3. The Kier molecular flexibility index (Phi) is 19.2. The van der Waals surface area contributed by atoms with Gasteiger partial charge in [0.25, 0.3) is 0 Å². The number of hydrogen-bond acceptors (Lipinski definition) is 11. The van der Waals surface area contributed by atoms with Gasteiger partial charge in [-0.25, -0.2) is 9.68 Å². The van der Waals surface area contributed by atoms with Crippen molar-refractivity contribution in [2.45, 2.75) is 113 Å². The number of aromatic nitrogens is 2. The number of carbonyl (C=O) groups is 1. The van der Waals surface area contributed by atoms with Crippen LogP contribution in [0, 0.1) is 11.3 Å². The van der Waals surface area contributed by atoms with Gasteiger partial charge in [0.15, 0.2) is 0 Å². The zero-order valence-electron chi connectivity index (χ0n) is 29.3. The molecule has 1 rings (SSSR count). The van der Waals surface area contributed by atoms with Gasteiger partial charge < -0.3 is 20.8 Å². The monoisotopic (exact) mass is 680 g/mol. The van der Waals surface area contributed by atoms with Gasteiger partial charge in [0.1, 0.15) is 24.1 Å². The van der Waals surface area contributed by atoms with Crippen LogP contribution in [0.25, 0.3) is 0 Å². The van der Waals surface area contributed by atoms with Gasteiger partial charge in [-0.3, -0.25) is 10.3 Å². The molecule has 0 aliphatic heterocycles.